The van der Waals surface area contributed by atoms with Crippen LogP contribution in [-0.4, -0.2) is 47.8 Å². The van der Waals surface area contributed by atoms with E-state index in [1.165, 1.54) is 25.4 Å². The zero-order valence-corrected chi connectivity index (χ0v) is 13.8. The molecule has 4 N–H and O–H groups in total. The van der Waals surface area contributed by atoms with Gasteiger partial charge in [-0.05, 0) is 24.6 Å². The Morgan fingerprint density at radius 3 is 2.58 bits per heavy atom. The molecular weight excluding hydrogens is 361 g/mol. The summed E-state index contributed by atoms with van der Waals surface area (Å²) in [4.78, 5) is 24.0. The van der Waals surface area contributed by atoms with Gasteiger partial charge in [0, 0.05) is 0 Å². The van der Waals surface area contributed by atoms with Gasteiger partial charge in [0.2, 0.25) is 0 Å². The maximum absolute atomic E-state index is 13.5. The standard InChI is InChI=1S/C15H17F3N2O6/c1-3-26-12(22)10-11(7-4-5-8(21)9(6-7)25-2)19-13(23)20-14(10,24)15(16,17)18/h4-6,10-11,21,24H,3H2,1-2H3,(H2,19,20,23)/t10-,11+,14-/m0/s1. The third-order valence-corrected chi connectivity index (χ3v) is 3.91. The number of aromatic hydroxyl groups is 1. The van der Waals surface area contributed by atoms with Crippen LogP contribution in [0, 0.1) is 5.92 Å². The molecule has 0 saturated carbocycles. The van der Waals surface area contributed by atoms with Crippen molar-refractivity contribution in [2.45, 2.75) is 24.9 Å². The molecule has 144 valence electrons. The molecule has 2 rings (SSSR count). The normalized spacial score (nSPS) is 25.8. The molecule has 1 aliphatic heterocycles. The van der Waals surface area contributed by atoms with Crippen molar-refractivity contribution >= 4 is 12.0 Å². The van der Waals surface area contributed by atoms with Gasteiger partial charge in [0.1, 0.15) is 5.92 Å². The fourth-order valence-electron chi connectivity index (χ4n) is 2.70. The van der Waals surface area contributed by atoms with E-state index in [9.17, 15) is 33.0 Å². The van der Waals surface area contributed by atoms with Gasteiger partial charge in [0.05, 0.1) is 19.8 Å². The lowest BCUT2D eigenvalue weighted by molar-refractivity contribution is -0.294. The molecule has 0 radical (unpaired) electrons. The molecule has 1 aromatic rings. The van der Waals surface area contributed by atoms with Crippen LogP contribution in [0.5, 0.6) is 11.5 Å². The Kier molecular flexibility index (Phi) is 5.21. The molecule has 1 aliphatic rings. The molecule has 3 atom stereocenters. The first-order valence-corrected chi connectivity index (χ1v) is 7.46. The van der Waals surface area contributed by atoms with Crippen molar-refractivity contribution < 1.29 is 42.4 Å². The number of phenolic OH excluding ortho intramolecular Hbond substituents is 1. The highest BCUT2D eigenvalue weighted by molar-refractivity contribution is 5.83. The van der Waals surface area contributed by atoms with Crippen LogP contribution in [-0.2, 0) is 9.53 Å². The number of alkyl halides is 3. The largest absolute Gasteiger partial charge is 0.504 e. The minimum absolute atomic E-state index is 0.00442. The Bertz CT molecular complexity index is 711. The molecule has 0 spiro atoms. The number of hydrogen-bond acceptors (Lipinski definition) is 6. The number of carbonyl (C=O) groups is 2. The van der Waals surface area contributed by atoms with Crippen LogP contribution < -0.4 is 15.4 Å². The van der Waals surface area contributed by atoms with E-state index in [1.54, 1.807) is 0 Å². The van der Waals surface area contributed by atoms with Gasteiger partial charge >= 0.3 is 18.2 Å². The van der Waals surface area contributed by atoms with E-state index in [-0.39, 0.29) is 23.7 Å². The number of benzene rings is 1. The summed E-state index contributed by atoms with van der Waals surface area (Å²) < 4.78 is 50.0. The number of halogens is 3. The van der Waals surface area contributed by atoms with Crippen LogP contribution in [0.1, 0.15) is 18.5 Å². The summed E-state index contributed by atoms with van der Waals surface area (Å²) in [5, 5.41) is 23.3. The number of methoxy groups -OCH3 is 1. The summed E-state index contributed by atoms with van der Waals surface area (Å²) in [7, 11) is 1.22. The quantitative estimate of drug-likeness (QED) is 0.585. The van der Waals surface area contributed by atoms with E-state index >= 15 is 0 Å². The average molecular weight is 378 g/mol. The number of hydrogen-bond donors (Lipinski definition) is 4. The average Bonchev–Trinajstić information content (AvgIpc) is 2.53. The highest BCUT2D eigenvalue weighted by atomic mass is 19.4. The van der Waals surface area contributed by atoms with E-state index in [1.807, 2.05) is 0 Å². The fourth-order valence-corrected chi connectivity index (χ4v) is 2.70. The number of esters is 1. The lowest BCUT2D eigenvalue weighted by Crippen LogP contribution is -2.73. The number of urea groups is 1. The topological polar surface area (TPSA) is 117 Å². The Balaban J connectivity index is 2.60. The van der Waals surface area contributed by atoms with Crippen LogP contribution in [0.3, 0.4) is 0 Å². The maximum atomic E-state index is 13.5. The molecule has 0 unspecified atom stereocenters. The first-order chi connectivity index (χ1) is 12.0. The van der Waals surface area contributed by atoms with Crippen LogP contribution in [0.2, 0.25) is 0 Å². The minimum Gasteiger partial charge on any atom is -0.504 e. The van der Waals surface area contributed by atoms with E-state index < -0.39 is 35.9 Å². The van der Waals surface area contributed by atoms with Crippen LogP contribution >= 0.6 is 0 Å². The Hall–Kier alpha value is -2.69. The van der Waals surface area contributed by atoms with Crippen LogP contribution in [0.4, 0.5) is 18.0 Å². The minimum atomic E-state index is -5.36. The Morgan fingerprint density at radius 2 is 2.04 bits per heavy atom. The Labute approximate surface area is 145 Å². The van der Waals surface area contributed by atoms with Crippen molar-refractivity contribution in [1.82, 2.24) is 10.6 Å². The van der Waals surface area contributed by atoms with Crippen molar-refractivity contribution in [2.24, 2.45) is 5.92 Å². The summed E-state index contributed by atoms with van der Waals surface area (Å²) >= 11 is 0. The molecule has 26 heavy (non-hydrogen) atoms. The van der Waals surface area contributed by atoms with Gasteiger partial charge in [-0.2, -0.15) is 13.2 Å². The zero-order chi connectivity index (χ0) is 19.7. The van der Waals surface area contributed by atoms with Crippen LogP contribution in [0.15, 0.2) is 18.2 Å². The van der Waals surface area contributed by atoms with Gasteiger partial charge < -0.3 is 30.3 Å². The number of nitrogens with one attached hydrogen (secondary N) is 2. The number of aliphatic hydroxyl groups is 1. The molecule has 1 heterocycles. The third kappa shape index (κ3) is 3.34. The van der Waals surface area contributed by atoms with Crippen molar-refractivity contribution in [3.8, 4) is 11.5 Å². The van der Waals surface area contributed by atoms with Gasteiger partial charge in [0.15, 0.2) is 11.5 Å². The van der Waals surface area contributed by atoms with Crippen molar-refractivity contribution in [3.05, 3.63) is 23.8 Å². The number of rotatable bonds is 4. The lowest BCUT2D eigenvalue weighted by atomic mass is 9.82. The molecule has 1 aromatic carbocycles. The smallest absolute Gasteiger partial charge is 0.437 e. The number of carbonyl (C=O) groups excluding carboxylic acids is 2. The van der Waals surface area contributed by atoms with Crippen LogP contribution in [0.25, 0.3) is 0 Å². The summed E-state index contributed by atoms with van der Waals surface area (Å²) in [5.74, 6) is -3.99. The number of phenols is 1. The Morgan fingerprint density at radius 1 is 1.38 bits per heavy atom. The first kappa shape index (κ1) is 19.6. The van der Waals surface area contributed by atoms with Gasteiger partial charge in [-0.3, -0.25) is 4.79 Å². The summed E-state index contributed by atoms with van der Waals surface area (Å²) in [6.07, 6.45) is -5.36. The van der Waals surface area contributed by atoms with E-state index in [0.717, 1.165) is 12.1 Å². The fraction of sp³-hybridized carbons (Fsp3) is 0.467. The van der Waals surface area contributed by atoms with Crippen molar-refractivity contribution in [3.63, 3.8) is 0 Å². The molecule has 1 fully saturated rings. The SMILES string of the molecule is CCOC(=O)[C@@H]1[C@@H](c2ccc(O)c(OC)c2)NC(=O)N[C@@]1(O)C(F)(F)F. The summed E-state index contributed by atoms with van der Waals surface area (Å²) in [6.45, 7) is 1.15. The highest BCUT2D eigenvalue weighted by Gasteiger charge is 2.67. The van der Waals surface area contributed by atoms with Gasteiger partial charge in [0.25, 0.3) is 5.72 Å². The summed E-state index contributed by atoms with van der Waals surface area (Å²) in [6, 6.07) is 0.537. The highest BCUT2D eigenvalue weighted by Crippen LogP contribution is 2.44. The number of ether oxygens (including phenoxy) is 2. The second-order valence-electron chi connectivity index (χ2n) is 5.50. The molecule has 0 bridgehead atoms. The predicted molar refractivity (Wildman–Crippen MR) is 80.2 cm³/mol. The molecular formula is C15H17F3N2O6. The van der Waals surface area contributed by atoms with E-state index in [4.69, 9.17) is 4.74 Å². The maximum Gasteiger partial charge on any atom is 0.437 e. The zero-order valence-electron chi connectivity index (χ0n) is 13.8. The van der Waals surface area contributed by atoms with Crippen molar-refractivity contribution in [2.75, 3.05) is 13.7 Å². The first-order valence-electron chi connectivity index (χ1n) is 7.46. The molecule has 1 saturated heterocycles. The lowest BCUT2D eigenvalue weighted by Gasteiger charge is -2.44. The van der Waals surface area contributed by atoms with E-state index in [0.29, 0.717) is 0 Å². The molecule has 11 heteroatoms. The van der Waals surface area contributed by atoms with Gasteiger partial charge in [-0.15, -0.1) is 0 Å². The number of amides is 2. The summed E-state index contributed by atoms with van der Waals surface area (Å²) in [5.41, 5.74) is -3.85. The van der Waals surface area contributed by atoms with Gasteiger partial charge in [-0.1, -0.05) is 6.07 Å². The second-order valence-corrected chi connectivity index (χ2v) is 5.50. The molecule has 0 aliphatic carbocycles. The van der Waals surface area contributed by atoms with Crippen molar-refractivity contribution in [1.29, 1.82) is 0 Å². The third-order valence-electron chi connectivity index (χ3n) is 3.91. The van der Waals surface area contributed by atoms with E-state index in [2.05, 4.69) is 10.1 Å². The van der Waals surface area contributed by atoms with Gasteiger partial charge in [-0.25, -0.2) is 4.79 Å². The molecule has 8 nitrogen and oxygen atoms in total. The molecule has 2 amide bonds. The monoisotopic (exact) mass is 378 g/mol. The molecule has 0 aromatic heterocycles. The predicted octanol–water partition coefficient (Wildman–Crippen LogP) is 1.18. The second kappa shape index (κ2) is 6.90.